The van der Waals surface area contributed by atoms with Crippen molar-refractivity contribution in [1.29, 1.82) is 0 Å². The Morgan fingerprint density at radius 3 is 2.56 bits per heavy atom. The molecule has 0 aromatic carbocycles. The van der Waals surface area contributed by atoms with Crippen LogP contribution in [0.3, 0.4) is 0 Å². The molecule has 1 fully saturated rings. The summed E-state index contributed by atoms with van der Waals surface area (Å²) in [6.07, 6.45) is -2.75. The van der Waals surface area contributed by atoms with Gasteiger partial charge in [0.25, 0.3) is 0 Å². The molecule has 0 radical (unpaired) electrons. The van der Waals surface area contributed by atoms with E-state index in [1.54, 1.807) is 0 Å². The maximum atomic E-state index is 12.1. The van der Waals surface area contributed by atoms with Crippen LogP contribution in [0.5, 0.6) is 0 Å². The molecule has 18 heavy (non-hydrogen) atoms. The van der Waals surface area contributed by atoms with Gasteiger partial charge in [0.05, 0.1) is 0 Å². The predicted octanol–water partition coefficient (Wildman–Crippen LogP) is 3.18. The van der Waals surface area contributed by atoms with Crippen LogP contribution in [0.2, 0.25) is 0 Å². The van der Waals surface area contributed by atoms with E-state index in [0.29, 0.717) is 12.5 Å². The van der Waals surface area contributed by atoms with Crippen LogP contribution in [-0.4, -0.2) is 42.3 Å². The zero-order chi connectivity index (χ0) is 13.8. The van der Waals surface area contributed by atoms with Crippen molar-refractivity contribution >= 4 is 0 Å². The molecule has 1 aliphatic heterocycles. The normalized spacial score (nSPS) is 30.7. The van der Waals surface area contributed by atoms with Crippen molar-refractivity contribution in [2.75, 3.05) is 19.6 Å². The molecular formula is C13H25F3N2. The number of hydrogen-bond donors (Lipinski definition) is 1. The molecule has 0 amide bonds. The first-order chi connectivity index (χ1) is 8.26. The second-order valence-corrected chi connectivity index (χ2v) is 5.69. The lowest BCUT2D eigenvalue weighted by atomic mass is 9.93. The fourth-order valence-electron chi connectivity index (χ4n) is 2.36. The molecule has 108 valence electrons. The number of piperazine rings is 1. The topological polar surface area (TPSA) is 15.3 Å². The Morgan fingerprint density at radius 2 is 2.00 bits per heavy atom. The highest BCUT2D eigenvalue weighted by molar-refractivity contribution is 4.92. The van der Waals surface area contributed by atoms with E-state index in [9.17, 15) is 13.2 Å². The van der Waals surface area contributed by atoms with Crippen LogP contribution in [0, 0.1) is 0 Å². The molecule has 0 aliphatic carbocycles. The van der Waals surface area contributed by atoms with Gasteiger partial charge in [-0.05, 0) is 39.7 Å². The number of rotatable bonds is 5. The quantitative estimate of drug-likeness (QED) is 0.769. The van der Waals surface area contributed by atoms with E-state index in [2.05, 4.69) is 31.0 Å². The third kappa shape index (κ3) is 5.14. The molecule has 1 aliphatic rings. The van der Waals surface area contributed by atoms with Gasteiger partial charge in [0.15, 0.2) is 0 Å². The highest BCUT2D eigenvalue weighted by atomic mass is 19.4. The lowest BCUT2D eigenvalue weighted by Gasteiger charge is -2.45. The van der Waals surface area contributed by atoms with Gasteiger partial charge in [-0.1, -0.05) is 6.92 Å². The lowest BCUT2D eigenvalue weighted by Crippen LogP contribution is -2.61. The van der Waals surface area contributed by atoms with Crippen LogP contribution < -0.4 is 5.32 Å². The maximum absolute atomic E-state index is 12.1. The van der Waals surface area contributed by atoms with E-state index in [0.717, 1.165) is 26.1 Å². The van der Waals surface area contributed by atoms with Crippen LogP contribution in [0.15, 0.2) is 0 Å². The average molecular weight is 266 g/mol. The minimum absolute atomic E-state index is 0.108. The molecule has 1 saturated heterocycles. The Balaban J connectivity index is 2.31. The molecule has 0 spiro atoms. The molecular weight excluding hydrogens is 241 g/mol. The zero-order valence-corrected chi connectivity index (χ0v) is 11.6. The summed E-state index contributed by atoms with van der Waals surface area (Å²) in [5.74, 6) is 0. The van der Waals surface area contributed by atoms with Gasteiger partial charge in [0, 0.05) is 31.1 Å². The highest BCUT2D eigenvalue weighted by Gasteiger charge is 2.32. The smallest absolute Gasteiger partial charge is 0.309 e. The van der Waals surface area contributed by atoms with Crippen molar-refractivity contribution in [3.05, 3.63) is 0 Å². The first kappa shape index (κ1) is 15.8. The Kier molecular flexibility index (Phi) is 5.46. The summed E-state index contributed by atoms with van der Waals surface area (Å²) in [4.78, 5) is 2.32. The zero-order valence-electron chi connectivity index (χ0n) is 11.6. The van der Waals surface area contributed by atoms with Gasteiger partial charge >= 0.3 is 6.18 Å². The molecule has 1 rings (SSSR count). The number of unbranched alkanes of at least 4 members (excludes halogenated alkanes) is 1. The molecule has 0 aromatic heterocycles. The standard InChI is InChI=1S/C13H25F3N2/c1-4-12(3)10-18(11(2)9-17-12)8-6-5-7-13(14,15)16/h11,17H,4-10H2,1-3H3. The van der Waals surface area contributed by atoms with Gasteiger partial charge in [-0.15, -0.1) is 0 Å². The molecule has 1 heterocycles. The predicted molar refractivity (Wildman–Crippen MR) is 67.6 cm³/mol. The number of halogens is 3. The number of alkyl halides is 3. The van der Waals surface area contributed by atoms with E-state index in [1.807, 2.05) is 0 Å². The van der Waals surface area contributed by atoms with Crippen molar-refractivity contribution in [1.82, 2.24) is 10.2 Å². The summed E-state index contributed by atoms with van der Waals surface area (Å²) < 4.78 is 36.2. The summed E-state index contributed by atoms with van der Waals surface area (Å²) in [7, 11) is 0. The molecule has 0 saturated carbocycles. The Hall–Kier alpha value is -0.290. The minimum atomic E-state index is -4.01. The lowest BCUT2D eigenvalue weighted by molar-refractivity contribution is -0.135. The second kappa shape index (κ2) is 6.24. The monoisotopic (exact) mass is 266 g/mol. The average Bonchev–Trinajstić information content (AvgIpc) is 2.28. The summed E-state index contributed by atoms with van der Waals surface area (Å²) in [6, 6.07) is 0.413. The van der Waals surface area contributed by atoms with Crippen LogP contribution in [0.1, 0.15) is 46.5 Å². The summed E-state index contributed by atoms with van der Waals surface area (Å²) >= 11 is 0. The number of nitrogens with zero attached hydrogens (tertiary/aromatic N) is 1. The van der Waals surface area contributed by atoms with Gasteiger partial charge in [-0.25, -0.2) is 0 Å². The summed E-state index contributed by atoms with van der Waals surface area (Å²) in [5, 5.41) is 3.52. The van der Waals surface area contributed by atoms with Crippen LogP contribution in [0.4, 0.5) is 13.2 Å². The Bertz CT molecular complexity index is 255. The molecule has 2 nitrogen and oxygen atoms in total. The van der Waals surface area contributed by atoms with Crippen molar-refractivity contribution < 1.29 is 13.2 Å². The second-order valence-electron chi connectivity index (χ2n) is 5.69. The molecule has 2 unspecified atom stereocenters. The van der Waals surface area contributed by atoms with Crippen molar-refractivity contribution in [3.63, 3.8) is 0 Å². The van der Waals surface area contributed by atoms with Gasteiger partial charge < -0.3 is 5.32 Å². The van der Waals surface area contributed by atoms with Gasteiger partial charge in [0.1, 0.15) is 0 Å². The van der Waals surface area contributed by atoms with Crippen LogP contribution in [0.25, 0.3) is 0 Å². The third-order valence-electron chi connectivity index (χ3n) is 3.94. The van der Waals surface area contributed by atoms with E-state index in [1.165, 1.54) is 0 Å². The SMILES string of the molecule is CCC1(C)CN(CCCCC(F)(F)F)C(C)CN1. The summed E-state index contributed by atoms with van der Waals surface area (Å²) in [6.45, 7) is 9.08. The molecule has 0 bridgehead atoms. The van der Waals surface area contributed by atoms with E-state index >= 15 is 0 Å². The van der Waals surface area contributed by atoms with Gasteiger partial charge in [-0.3, -0.25) is 4.90 Å². The van der Waals surface area contributed by atoms with Crippen molar-refractivity contribution in [3.8, 4) is 0 Å². The first-order valence-electron chi connectivity index (χ1n) is 6.81. The highest BCUT2D eigenvalue weighted by Crippen LogP contribution is 2.23. The van der Waals surface area contributed by atoms with Crippen molar-refractivity contribution in [2.24, 2.45) is 0 Å². The van der Waals surface area contributed by atoms with E-state index < -0.39 is 12.6 Å². The molecule has 5 heteroatoms. The number of nitrogens with one attached hydrogen (secondary N) is 1. The summed E-state index contributed by atoms with van der Waals surface area (Å²) in [5.41, 5.74) is 0.108. The van der Waals surface area contributed by atoms with Crippen molar-refractivity contribution in [2.45, 2.75) is 64.2 Å². The van der Waals surface area contributed by atoms with Gasteiger partial charge in [-0.2, -0.15) is 13.2 Å². The minimum Gasteiger partial charge on any atom is -0.309 e. The van der Waals surface area contributed by atoms with Crippen LogP contribution >= 0.6 is 0 Å². The molecule has 0 aromatic rings. The maximum Gasteiger partial charge on any atom is 0.389 e. The van der Waals surface area contributed by atoms with E-state index in [-0.39, 0.29) is 12.0 Å². The Labute approximate surface area is 108 Å². The number of hydrogen-bond acceptors (Lipinski definition) is 2. The van der Waals surface area contributed by atoms with Gasteiger partial charge in [0.2, 0.25) is 0 Å². The molecule has 1 N–H and O–H groups in total. The Morgan fingerprint density at radius 1 is 1.33 bits per heavy atom. The molecule has 2 atom stereocenters. The van der Waals surface area contributed by atoms with Crippen LogP contribution in [-0.2, 0) is 0 Å². The fraction of sp³-hybridized carbons (Fsp3) is 1.00. The largest absolute Gasteiger partial charge is 0.389 e. The third-order valence-corrected chi connectivity index (χ3v) is 3.94. The first-order valence-corrected chi connectivity index (χ1v) is 6.81. The fourth-order valence-corrected chi connectivity index (χ4v) is 2.36. The van der Waals surface area contributed by atoms with E-state index in [4.69, 9.17) is 0 Å².